The molecule has 0 aliphatic carbocycles. The summed E-state index contributed by atoms with van der Waals surface area (Å²) in [6, 6.07) is 2.00. The van der Waals surface area contributed by atoms with E-state index in [-0.39, 0.29) is 0 Å². The fourth-order valence-electron chi connectivity index (χ4n) is 0.683. The van der Waals surface area contributed by atoms with E-state index in [9.17, 15) is 0 Å². The molecule has 0 aliphatic rings. The smallest absolute Gasteiger partial charge is 0.147 e. The standard InChI is InChI=1S/C6H11N3/c1-5-4-6(7-2)8-9(5)3/h4H,1-3H3,(H,7,8). The van der Waals surface area contributed by atoms with Crippen molar-refractivity contribution in [3.63, 3.8) is 0 Å². The predicted molar refractivity (Wildman–Crippen MR) is 37.5 cm³/mol. The highest BCUT2D eigenvalue weighted by atomic mass is 15.3. The Bertz CT molecular complexity index is 183. The molecule has 0 saturated heterocycles. The number of hydrogen-bond acceptors (Lipinski definition) is 2. The lowest BCUT2D eigenvalue weighted by atomic mass is 10.5. The Hall–Kier alpha value is -0.990. The minimum Gasteiger partial charge on any atom is -0.372 e. The zero-order valence-electron chi connectivity index (χ0n) is 5.97. The summed E-state index contributed by atoms with van der Waals surface area (Å²) in [6.45, 7) is 2.02. The van der Waals surface area contributed by atoms with E-state index in [0.29, 0.717) is 0 Å². The van der Waals surface area contributed by atoms with Crippen molar-refractivity contribution >= 4 is 5.82 Å². The largest absolute Gasteiger partial charge is 0.372 e. The van der Waals surface area contributed by atoms with Crippen LogP contribution in [0.25, 0.3) is 0 Å². The Morgan fingerprint density at radius 2 is 2.33 bits per heavy atom. The molecular weight excluding hydrogens is 114 g/mol. The summed E-state index contributed by atoms with van der Waals surface area (Å²) >= 11 is 0. The van der Waals surface area contributed by atoms with Crippen LogP contribution < -0.4 is 5.32 Å². The second kappa shape index (κ2) is 2.09. The topological polar surface area (TPSA) is 29.9 Å². The van der Waals surface area contributed by atoms with Gasteiger partial charge >= 0.3 is 0 Å². The number of hydrogen-bond donors (Lipinski definition) is 1. The van der Waals surface area contributed by atoms with Crippen molar-refractivity contribution < 1.29 is 0 Å². The summed E-state index contributed by atoms with van der Waals surface area (Å²) in [5.41, 5.74) is 1.17. The number of anilines is 1. The molecule has 0 amide bonds. The summed E-state index contributed by atoms with van der Waals surface area (Å²) in [6.07, 6.45) is 0. The first-order chi connectivity index (χ1) is 4.24. The van der Waals surface area contributed by atoms with Crippen LogP contribution >= 0.6 is 0 Å². The Morgan fingerprint density at radius 3 is 2.56 bits per heavy atom. The van der Waals surface area contributed by atoms with Gasteiger partial charge in [-0.15, -0.1) is 0 Å². The highest BCUT2D eigenvalue weighted by Gasteiger charge is 1.95. The number of nitrogens with zero attached hydrogens (tertiary/aromatic N) is 2. The predicted octanol–water partition coefficient (Wildman–Crippen LogP) is 0.770. The maximum atomic E-state index is 4.13. The van der Waals surface area contributed by atoms with Crippen molar-refractivity contribution in [2.75, 3.05) is 12.4 Å². The molecule has 0 aliphatic heterocycles. The van der Waals surface area contributed by atoms with Gasteiger partial charge in [0.05, 0.1) is 0 Å². The molecule has 0 aromatic carbocycles. The average molecular weight is 125 g/mol. The monoisotopic (exact) mass is 125 g/mol. The highest BCUT2D eigenvalue weighted by Crippen LogP contribution is 2.04. The maximum Gasteiger partial charge on any atom is 0.147 e. The minimum atomic E-state index is 0.926. The molecule has 1 heterocycles. The molecule has 0 bridgehead atoms. The molecule has 1 N–H and O–H groups in total. The molecule has 0 atom stereocenters. The van der Waals surface area contributed by atoms with Gasteiger partial charge in [0.25, 0.3) is 0 Å². The number of aromatic nitrogens is 2. The van der Waals surface area contributed by atoms with Gasteiger partial charge in [0.1, 0.15) is 5.82 Å². The Kier molecular flexibility index (Phi) is 1.42. The van der Waals surface area contributed by atoms with Crippen molar-refractivity contribution in [1.82, 2.24) is 9.78 Å². The average Bonchev–Trinajstić information content (AvgIpc) is 2.13. The maximum absolute atomic E-state index is 4.13. The van der Waals surface area contributed by atoms with Gasteiger partial charge in [-0.2, -0.15) is 5.10 Å². The normalized spacial score (nSPS) is 9.67. The Labute approximate surface area is 54.7 Å². The summed E-state index contributed by atoms with van der Waals surface area (Å²) in [5, 5.41) is 7.09. The van der Waals surface area contributed by atoms with E-state index in [1.807, 2.05) is 31.8 Å². The van der Waals surface area contributed by atoms with E-state index in [1.54, 1.807) is 0 Å². The van der Waals surface area contributed by atoms with Crippen molar-refractivity contribution in [1.29, 1.82) is 0 Å². The van der Waals surface area contributed by atoms with E-state index in [1.165, 1.54) is 5.69 Å². The van der Waals surface area contributed by atoms with E-state index in [0.717, 1.165) is 5.82 Å². The van der Waals surface area contributed by atoms with E-state index in [4.69, 9.17) is 0 Å². The summed E-state index contributed by atoms with van der Waals surface area (Å²) in [5.74, 6) is 0.926. The van der Waals surface area contributed by atoms with Crippen LogP contribution in [0.2, 0.25) is 0 Å². The fourth-order valence-corrected chi connectivity index (χ4v) is 0.683. The quantitative estimate of drug-likeness (QED) is 0.600. The van der Waals surface area contributed by atoms with Crippen molar-refractivity contribution in [3.05, 3.63) is 11.8 Å². The van der Waals surface area contributed by atoms with Gasteiger partial charge in [-0.05, 0) is 6.92 Å². The first-order valence-electron chi connectivity index (χ1n) is 2.92. The number of nitrogens with one attached hydrogen (secondary N) is 1. The lowest BCUT2D eigenvalue weighted by molar-refractivity contribution is 0.742. The van der Waals surface area contributed by atoms with Crippen LogP contribution in [0.1, 0.15) is 5.69 Å². The molecule has 9 heavy (non-hydrogen) atoms. The van der Waals surface area contributed by atoms with E-state index in [2.05, 4.69) is 10.4 Å². The van der Waals surface area contributed by atoms with Gasteiger partial charge in [0.2, 0.25) is 0 Å². The lowest BCUT2D eigenvalue weighted by Gasteiger charge is -1.89. The third-order valence-corrected chi connectivity index (χ3v) is 1.37. The first kappa shape index (κ1) is 6.13. The Balaban J connectivity index is 2.98. The summed E-state index contributed by atoms with van der Waals surface area (Å²) in [4.78, 5) is 0. The molecular formula is C6H11N3. The molecule has 3 nitrogen and oxygen atoms in total. The molecule has 3 heteroatoms. The lowest BCUT2D eigenvalue weighted by Crippen LogP contribution is -1.93. The van der Waals surface area contributed by atoms with Gasteiger partial charge in [-0.1, -0.05) is 0 Å². The molecule has 1 rings (SSSR count). The van der Waals surface area contributed by atoms with Crippen LogP contribution in [0.5, 0.6) is 0 Å². The molecule has 0 spiro atoms. The second-order valence-electron chi connectivity index (χ2n) is 2.04. The third kappa shape index (κ3) is 1.04. The molecule has 0 saturated carbocycles. The highest BCUT2D eigenvalue weighted by molar-refractivity contribution is 5.34. The van der Waals surface area contributed by atoms with Crippen LogP contribution in [-0.4, -0.2) is 16.8 Å². The molecule has 0 unspecified atom stereocenters. The van der Waals surface area contributed by atoms with Crippen LogP contribution in [-0.2, 0) is 7.05 Å². The zero-order valence-corrected chi connectivity index (χ0v) is 5.97. The fraction of sp³-hybridized carbons (Fsp3) is 0.500. The van der Waals surface area contributed by atoms with E-state index >= 15 is 0 Å². The summed E-state index contributed by atoms with van der Waals surface area (Å²) in [7, 11) is 3.79. The van der Waals surface area contributed by atoms with Crippen molar-refractivity contribution in [2.45, 2.75) is 6.92 Å². The van der Waals surface area contributed by atoms with E-state index < -0.39 is 0 Å². The van der Waals surface area contributed by atoms with Gasteiger partial charge in [-0.25, -0.2) is 0 Å². The van der Waals surface area contributed by atoms with Crippen molar-refractivity contribution in [2.24, 2.45) is 7.05 Å². The molecule has 0 radical (unpaired) electrons. The Morgan fingerprint density at radius 1 is 1.67 bits per heavy atom. The summed E-state index contributed by atoms with van der Waals surface area (Å²) < 4.78 is 1.84. The van der Waals surface area contributed by atoms with Crippen molar-refractivity contribution in [3.8, 4) is 0 Å². The molecule has 0 fully saturated rings. The second-order valence-corrected chi connectivity index (χ2v) is 2.04. The third-order valence-electron chi connectivity index (χ3n) is 1.37. The minimum absolute atomic E-state index is 0.926. The van der Waals surface area contributed by atoms with Crippen LogP contribution in [0.4, 0.5) is 5.82 Å². The van der Waals surface area contributed by atoms with Gasteiger partial charge in [0, 0.05) is 25.9 Å². The SMILES string of the molecule is CNc1cc(C)n(C)n1. The zero-order chi connectivity index (χ0) is 6.85. The number of aryl methyl sites for hydroxylation is 2. The number of rotatable bonds is 1. The van der Waals surface area contributed by atoms with Crippen LogP contribution in [0, 0.1) is 6.92 Å². The molecule has 1 aromatic heterocycles. The van der Waals surface area contributed by atoms with Gasteiger partial charge in [0.15, 0.2) is 0 Å². The molecule has 50 valence electrons. The van der Waals surface area contributed by atoms with Gasteiger partial charge in [-0.3, -0.25) is 4.68 Å². The van der Waals surface area contributed by atoms with Crippen LogP contribution in [0.15, 0.2) is 6.07 Å². The van der Waals surface area contributed by atoms with Crippen LogP contribution in [0.3, 0.4) is 0 Å². The first-order valence-corrected chi connectivity index (χ1v) is 2.92. The molecule has 1 aromatic rings. The van der Waals surface area contributed by atoms with Gasteiger partial charge < -0.3 is 5.32 Å².